The van der Waals surface area contributed by atoms with Crippen molar-refractivity contribution < 1.29 is 32.5 Å². The highest BCUT2D eigenvalue weighted by Crippen LogP contribution is 2.36. The van der Waals surface area contributed by atoms with Crippen molar-refractivity contribution in [1.82, 2.24) is 10.2 Å². The van der Waals surface area contributed by atoms with E-state index in [4.69, 9.17) is 19.8 Å². The van der Waals surface area contributed by atoms with E-state index >= 15 is 0 Å². The minimum Gasteiger partial charge on any atom is -0.493 e. The third-order valence-corrected chi connectivity index (χ3v) is 2.76. The number of methoxy groups -OCH3 is 1. The fraction of sp³-hybridized carbons (Fsp3) is 0.143. The molecule has 2 rings (SSSR count). The van der Waals surface area contributed by atoms with Crippen molar-refractivity contribution in [3.8, 4) is 23.3 Å². The number of carbonyl (C=O) groups is 1. The third kappa shape index (κ3) is 3.52. The standard InChI is InChI=1S/C14H8F3N3O4/c1-23-9-4-7(6-18)2-3-8(9)24-10-5-11(14(15,16)17)19-20-12(10)13(21)22/h2-5H,1H3,(H,21,22). The quantitative estimate of drug-likeness (QED) is 0.913. The lowest BCUT2D eigenvalue weighted by molar-refractivity contribution is -0.141. The second-order valence-corrected chi connectivity index (χ2v) is 4.32. The first-order valence-electron chi connectivity index (χ1n) is 6.20. The molecule has 1 N–H and O–H groups in total. The lowest BCUT2D eigenvalue weighted by Gasteiger charge is -2.13. The lowest BCUT2D eigenvalue weighted by Crippen LogP contribution is -2.13. The molecule has 10 heteroatoms. The number of rotatable bonds is 4. The summed E-state index contributed by atoms with van der Waals surface area (Å²) in [6.45, 7) is 0. The molecule has 0 radical (unpaired) electrons. The third-order valence-electron chi connectivity index (χ3n) is 2.76. The topological polar surface area (TPSA) is 105 Å². The second-order valence-electron chi connectivity index (χ2n) is 4.32. The Morgan fingerprint density at radius 1 is 1.21 bits per heavy atom. The van der Waals surface area contributed by atoms with Gasteiger partial charge < -0.3 is 14.6 Å². The van der Waals surface area contributed by atoms with Crippen molar-refractivity contribution in [3.63, 3.8) is 0 Å². The van der Waals surface area contributed by atoms with E-state index in [0.717, 1.165) is 0 Å². The van der Waals surface area contributed by atoms with Gasteiger partial charge >= 0.3 is 12.1 Å². The molecule has 1 heterocycles. The van der Waals surface area contributed by atoms with Crippen molar-refractivity contribution in [2.45, 2.75) is 6.18 Å². The summed E-state index contributed by atoms with van der Waals surface area (Å²) in [6.07, 6.45) is -4.82. The maximum Gasteiger partial charge on any atom is 0.435 e. The number of hydrogen-bond acceptors (Lipinski definition) is 6. The molecular formula is C14H8F3N3O4. The van der Waals surface area contributed by atoms with Gasteiger partial charge in [-0.15, -0.1) is 10.2 Å². The number of alkyl halides is 3. The average Bonchev–Trinajstić information content (AvgIpc) is 2.54. The molecule has 2 aromatic rings. The molecule has 1 aromatic carbocycles. The number of ether oxygens (including phenoxy) is 2. The van der Waals surface area contributed by atoms with E-state index in [-0.39, 0.29) is 17.1 Å². The number of carboxylic acids is 1. The zero-order valence-corrected chi connectivity index (χ0v) is 12.0. The fourth-order valence-corrected chi connectivity index (χ4v) is 1.68. The SMILES string of the molecule is COc1cc(C#N)ccc1Oc1cc(C(F)(F)F)nnc1C(=O)O. The molecule has 7 nitrogen and oxygen atoms in total. The highest BCUT2D eigenvalue weighted by Gasteiger charge is 2.35. The molecule has 0 aliphatic heterocycles. The van der Waals surface area contributed by atoms with Crippen LogP contribution in [0, 0.1) is 11.3 Å². The van der Waals surface area contributed by atoms with Crippen LogP contribution >= 0.6 is 0 Å². The first kappa shape index (κ1) is 17.0. The van der Waals surface area contributed by atoms with Crippen molar-refractivity contribution >= 4 is 5.97 Å². The van der Waals surface area contributed by atoms with Crippen molar-refractivity contribution in [1.29, 1.82) is 5.26 Å². The summed E-state index contributed by atoms with van der Waals surface area (Å²) in [5.41, 5.74) is -1.98. The molecule has 0 unspecified atom stereocenters. The van der Waals surface area contributed by atoms with Crippen molar-refractivity contribution in [2.75, 3.05) is 7.11 Å². The van der Waals surface area contributed by atoms with Gasteiger partial charge in [0, 0.05) is 12.1 Å². The molecule has 124 valence electrons. The van der Waals surface area contributed by atoms with Crippen LogP contribution in [-0.4, -0.2) is 28.4 Å². The fourth-order valence-electron chi connectivity index (χ4n) is 1.68. The summed E-state index contributed by atoms with van der Waals surface area (Å²) in [5.74, 6) is -2.32. The molecule has 0 aliphatic rings. The Hall–Kier alpha value is -3.35. The molecule has 0 amide bonds. The Morgan fingerprint density at radius 3 is 2.46 bits per heavy atom. The van der Waals surface area contributed by atoms with Crippen LogP contribution in [0.1, 0.15) is 21.7 Å². The average molecular weight is 339 g/mol. The highest BCUT2D eigenvalue weighted by atomic mass is 19.4. The molecule has 0 saturated carbocycles. The van der Waals surface area contributed by atoms with Crippen LogP contribution in [0.2, 0.25) is 0 Å². The van der Waals surface area contributed by atoms with Gasteiger partial charge in [0.05, 0.1) is 18.7 Å². The number of hydrogen-bond donors (Lipinski definition) is 1. The summed E-state index contributed by atoms with van der Waals surface area (Å²) < 4.78 is 48.3. The molecule has 0 spiro atoms. The van der Waals surface area contributed by atoms with Gasteiger partial charge in [0.15, 0.2) is 22.9 Å². The summed E-state index contributed by atoms with van der Waals surface area (Å²) >= 11 is 0. The largest absolute Gasteiger partial charge is 0.493 e. The van der Waals surface area contributed by atoms with Crippen LogP contribution in [0.5, 0.6) is 17.2 Å². The summed E-state index contributed by atoms with van der Waals surface area (Å²) in [6, 6.07) is 6.15. The van der Waals surface area contributed by atoms with Crippen molar-refractivity contribution in [2.24, 2.45) is 0 Å². The minimum atomic E-state index is -4.82. The zero-order chi connectivity index (χ0) is 17.9. The van der Waals surface area contributed by atoms with E-state index in [1.54, 1.807) is 0 Å². The lowest BCUT2D eigenvalue weighted by atomic mass is 10.2. The number of halogens is 3. The van der Waals surface area contributed by atoms with Gasteiger partial charge in [-0.1, -0.05) is 0 Å². The molecule has 0 fully saturated rings. The number of nitriles is 1. The maximum absolute atomic E-state index is 12.7. The predicted molar refractivity (Wildman–Crippen MR) is 71.8 cm³/mol. The number of aromatic nitrogens is 2. The highest BCUT2D eigenvalue weighted by molar-refractivity contribution is 5.88. The van der Waals surface area contributed by atoms with E-state index in [1.165, 1.54) is 25.3 Å². The predicted octanol–water partition coefficient (Wildman–Crippen LogP) is 2.87. The normalized spacial score (nSPS) is 10.8. The molecule has 0 saturated heterocycles. The van der Waals surface area contributed by atoms with Crippen molar-refractivity contribution in [3.05, 3.63) is 41.2 Å². The van der Waals surface area contributed by atoms with E-state index in [9.17, 15) is 18.0 Å². The van der Waals surface area contributed by atoms with Gasteiger partial charge in [0.25, 0.3) is 0 Å². The first-order chi connectivity index (χ1) is 11.3. The number of benzene rings is 1. The van der Waals surface area contributed by atoms with Gasteiger partial charge in [-0.05, 0) is 12.1 Å². The molecule has 1 aromatic heterocycles. The molecule has 0 aliphatic carbocycles. The Balaban J connectivity index is 2.52. The van der Waals surface area contributed by atoms with Crippen LogP contribution in [0.4, 0.5) is 13.2 Å². The van der Waals surface area contributed by atoms with Crippen LogP contribution in [0.25, 0.3) is 0 Å². The molecule has 24 heavy (non-hydrogen) atoms. The van der Waals surface area contributed by atoms with Crippen LogP contribution in [0.3, 0.4) is 0 Å². The van der Waals surface area contributed by atoms with E-state index < -0.39 is 29.3 Å². The number of carboxylic acid groups (broad SMARTS) is 1. The maximum atomic E-state index is 12.7. The first-order valence-corrected chi connectivity index (χ1v) is 6.20. The van der Waals surface area contributed by atoms with E-state index in [2.05, 4.69) is 10.2 Å². The zero-order valence-electron chi connectivity index (χ0n) is 12.0. The van der Waals surface area contributed by atoms with Crippen LogP contribution < -0.4 is 9.47 Å². The monoisotopic (exact) mass is 339 g/mol. The van der Waals surface area contributed by atoms with Crippen LogP contribution in [-0.2, 0) is 6.18 Å². The summed E-state index contributed by atoms with van der Waals surface area (Å²) in [4.78, 5) is 11.1. The Labute approximate surface area is 132 Å². The number of nitrogens with zero attached hydrogens (tertiary/aromatic N) is 3. The summed E-state index contributed by atoms with van der Waals surface area (Å²) in [5, 5.41) is 23.7. The van der Waals surface area contributed by atoms with E-state index in [0.29, 0.717) is 6.07 Å². The van der Waals surface area contributed by atoms with Gasteiger partial charge in [-0.2, -0.15) is 18.4 Å². The van der Waals surface area contributed by atoms with Gasteiger partial charge in [0.1, 0.15) is 0 Å². The Morgan fingerprint density at radius 2 is 1.92 bits per heavy atom. The Kier molecular flexibility index (Phi) is 4.54. The van der Waals surface area contributed by atoms with Crippen LogP contribution in [0.15, 0.2) is 24.3 Å². The summed E-state index contributed by atoms with van der Waals surface area (Å²) in [7, 11) is 1.26. The minimum absolute atomic E-state index is 0.0377. The smallest absolute Gasteiger partial charge is 0.435 e. The van der Waals surface area contributed by atoms with E-state index in [1.807, 2.05) is 6.07 Å². The Bertz CT molecular complexity index is 831. The number of aromatic carboxylic acids is 1. The van der Waals surface area contributed by atoms with Gasteiger partial charge in [-0.3, -0.25) is 0 Å². The second kappa shape index (κ2) is 6.41. The van der Waals surface area contributed by atoms with Gasteiger partial charge in [-0.25, -0.2) is 4.79 Å². The van der Waals surface area contributed by atoms with Gasteiger partial charge in [0.2, 0.25) is 5.69 Å². The molecule has 0 bridgehead atoms. The molecular weight excluding hydrogens is 331 g/mol. The molecule has 0 atom stereocenters.